The molecular formula is C13H24N2O2. The molecule has 0 spiro atoms. The van der Waals surface area contributed by atoms with E-state index in [4.69, 9.17) is 0 Å². The van der Waals surface area contributed by atoms with Crippen molar-refractivity contribution in [3.8, 4) is 0 Å². The SMILES string of the molecule is CNC1(C(=O)O)CCN(C2CCCCC2)CC1. The number of carbonyl (C=O) groups is 1. The van der Waals surface area contributed by atoms with Gasteiger partial charge in [-0.2, -0.15) is 0 Å². The van der Waals surface area contributed by atoms with Crippen LogP contribution in [-0.2, 0) is 4.79 Å². The zero-order valence-electron chi connectivity index (χ0n) is 10.7. The van der Waals surface area contributed by atoms with Crippen LogP contribution in [0.4, 0.5) is 0 Å². The molecule has 4 nitrogen and oxygen atoms in total. The van der Waals surface area contributed by atoms with Gasteiger partial charge in [-0.05, 0) is 32.7 Å². The lowest BCUT2D eigenvalue weighted by molar-refractivity contribution is -0.147. The molecule has 4 heteroatoms. The number of nitrogens with zero attached hydrogens (tertiary/aromatic N) is 1. The number of likely N-dealkylation sites (tertiary alicyclic amines) is 1. The van der Waals surface area contributed by atoms with Gasteiger partial charge in [-0.1, -0.05) is 19.3 Å². The van der Waals surface area contributed by atoms with Crippen LogP contribution in [0.25, 0.3) is 0 Å². The summed E-state index contributed by atoms with van der Waals surface area (Å²) in [5.74, 6) is -0.691. The van der Waals surface area contributed by atoms with E-state index < -0.39 is 11.5 Å². The first-order valence-corrected chi connectivity index (χ1v) is 6.84. The number of hydrogen-bond donors (Lipinski definition) is 2. The number of piperidine rings is 1. The number of carboxylic acids is 1. The predicted molar refractivity (Wildman–Crippen MR) is 67.1 cm³/mol. The van der Waals surface area contributed by atoms with Crippen molar-refractivity contribution in [3.63, 3.8) is 0 Å². The predicted octanol–water partition coefficient (Wildman–Crippen LogP) is 1.46. The third-order valence-electron chi connectivity index (χ3n) is 4.63. The van der Waals surface area contributed by atoms with Crippen LogP contribution in [0.15, 0.2) is 0 Å². The third kappa shape index (κ3) is 2.63. The van der Waals surface area contributed by atoms with E-state index in [9.17, 15) is 9.90 Å². The van der Waals surface area contributed by atoms with E-state index in [1.807, 2.05) is 0 Å². The molecule has 0 aromatic heterocycles. The molecule has 0 aromatic rings. The van der Waals surface area contributed by atoms with Crippen molar-refractivity contribution >= 4 is 5.97 Å². The maximum Gasteiger partial charge on any atom is 0.323 e. The number of likely N-dealkylation sites (N-methyl/N-ethyl adjacent to an activating group) is 1. The van der Waals surface area contributed by atoms with Crippen LogP contribution >= 0.6 is 0 Å². The number of aliphatic carboxylic acids is 1. The van der Waals surface area contributed by atoms with Crippen LogP contribution in [0.2, 0.25) is 0 Å². The standard InChI is InChI=1S/C13H24N2O2/c1-14-13(12(16)17)7-9-15(10-8-13)11-5-3-2-4-6-11/h11,14H,2-10H2,1H3,(H,16,17). The molecule has 0 amide bonds. The minimum Gasteiger partial charge on any atom is -0.480 e. The van der Waals surface area contributed by atoms with E-state index in [2.05, 4.69) is 10.2 Å². The van der Waals surface area contributed by atoms with E-state index in [-0.39, 0.29) is 0 Å². The van der Waals surface area contributed by atoms with Gasteiger partial charge in [0.05, 0.1) is 0 Å². The molecule has 1 heterocycles. The van der Waals surface area contributed by atoms with Crippen LogP contribution in [0, 0.1) is 0 Å². The monoisotopic (exact) mass is 240 g/mol. The lowest BCUT2D eigenvalue weighted by atomic mass is 9.85. The fraction of sp³-hybridized carbons (Fsp3) is 0.923. The second-order valence-corrected chi connectivity index (χ2v) is 5.47. The molecule has 1 aliphatic heterocycles. The highest BCUT2D eigenvalue weighted by Gasteiger charge is 2.41. The summed E-state index contributed by atoms with van der Waals surface area (Å²) in [6.45, 7) is 1.86. The molecule has 0 unspecified atom stereocenters. The Kier molecular flexibility index (Phi) is 4.05. The van der Waals surface area contributed by atoms with Gasteiger partial charge >= 0.3 is 5.97 Å². The highest BCUT2D eigenvalue weighted by Crippen LogP contribution is 2.29. The first-order valence-electron chi connectivity index (χ1n) is 6.84. The highest BCUT2D eigenvalue weighted by atomic mass is 16.4. The van der Waals surface area contributed by atoms with Crippen LogP contribution in [-0.4, -0.2) is 47.7 Å². The van der Waals surface area contributed by atoms with Gasteiger partial charge in [0.25, 0.3) is 0 Å². The summed E-state index contributed by atoms with van der Waals surface area (Å²) < 4.78 is 0. The summed E-state index contributed by atoms with van der Waals surface area (Å²) in [5, 5.41) is 12.3. The quantitative estimate of drug-likeness (QED) is 0.784. The molecule has 98 valence electrons. The Morgan fingerprint density at radius 1 is 1.24 bits per heavy atom. The van der Waals surface area contributed by atoms with Gasteiger partial charge in [0.15, 0.2) is 0 Å². The molecule has 2 rings (SSSR count). The van der Waals surface area contributed by atoms with Crippen LogP contribution < -0.4 is 5.32 Å². The Morgan fingerprint density at radius 3 is 2.29 bits per heavy atom. The van der Waals surface area contributed by atoms with Crippen molar-refractivity contribution in [2.75, 3.05) is 20.1 Å². The fourth-order valence-electron chi connectivity index (χ4n) is 3.29. The maximum atomic E-state index is 11.3. The summed E-state index contributed by atoms with van der Waals surface area (Å²) >= 11 is 0. The van der Waals surface area contributed by atoms with Gasteiger partial charge in [0.2, 0.25) is 0 Å². The van der Waals surface area contributed by atoms with E-state index in [0.717, 1.165) is 25.9 Å². The number of rotatable bonds is 3. The van der Waals surface area contributed by atoms with Crippen molar-refractivity contribution in [3.05, 3.63) is 0 Å². The maximum absolute atomic E-state index is 11.3. The smallest absolute Gasteiger partial charge is 0.323 e. The molecule has 1 aliphatic carbocycles. The topological polar surface area (TPSA) is 52.6 Å². The van der Waals surface area contributed by atoms with Gasteiger partial charge < -0.3 is 15.3 Å². The first kappa shape index (κ1) is 12.8. The zero-order valence-corrected chi connectivity index (χ0v) is 10.7. The Hall–Kier alpha value is -0.610. The van der Waals surface area contributed by atoms with E-state index in [0.29, 0.717) is 6.04 Å². The molecule has 2 fully saturated rings. The summed E-state index contributed by atoms with van der Waals surface area (Å²) in [7, 11) is 1.77. The molecule has 0 atom stereocenters. The molecule has 1 saturated carbocycles. The Bertz CT molecular complexity index is 267. The second kappa shape index (κ2) is 5.36. The Balaban J connectivity index is 1.90. The minimum atomic E-state index is -0.691. The molecule has 0 aromatic carbocycles. The highest BCUT2D eigenvalue weighted by molar-refractivity contribution is 5.78. The molecule has 0 bridgehead atoms. The number of nitrogens with one attached hydrogen (secondary N) is 1. The van der Waals surface area contributed by atoms with Crippen LogP contribution in [0.5, 0.6) is 0 Å². The van der Waals surface area contributed by atoms with E-state index >= 15 is 0 Å². The summed E-state index contributed by atoms with van der Waals surface area (Å²) in [6, 6.07) is 0.715. The van der Waals surface area contributed by atoms with E-state index in [1.54, 1.807) is 7.05 Å². The van der Waals surface area contributed by atoms with Crippen molar-refractivity contribution in [1.82, 2.24) is 10.2 Å². The lowest BCUT2D eigenvalue weighted by Gasteiger charge is -2.43. The van der Waals surface area contributed by atoms with Crippen LogP contribution in [0.3, 0.4) is 0 Å². The largest absolute Gasteiger partial charge is 0.480 e. The fourth-order valence-corrected chi connectivity index (χ4v) is 3.29. The van der Waals surface area contributed by atoms with Crippen molar-refractivity contribution < 1.29 is 9.90 Å². The first-order chi connectivity index (χ1) is 8.18. The molecular weight excluding hydrogens is 216 g/mol. The normalized spacial score (nSPS) is 26.9. The van der Waals surface area contributed by atoms with Gasteiger partial charge in [0.1, 0.15) is 5.54 Å². The van der Waals surface area contributed by atoms with Crippen molar-refractivity contribution in [1.29, 1.82) is 0 Å². The Morgan fingerprint density at radius 2 is 1.82 bits per heavy atom. The number of carboxylic acid groups (broad SMARTS) is 1. The number of hydrogen-bond acceptors (Lipinski definition) is 3. The van der Waals surface area contributed by atoms with Crippen LogP contribution in [0.1, 0.15) is 44.9 Å². The van der Waals surface area contributed by atoms with Gasteiger partial charge in [-0.25, -0.2) is 0 Å². The van der Waals surface area contributed by atoms with Gasteiger partial charge in [0, 0.05) is 19.1 Å². The van der Waals surface area contributed by atoms with Gasteiger partial charge in [-0.3, -0.25) is 4.79 Å². The molecule has 17 heavy (non-hydrogen) atoms. The van der Waals surface area contributed by atoms with Gasteiger partial charge in [-0.15, -0.1) is 0 Å². The summed E-state index contributed by atoms with van der Waals surface area (Å²) in [6.07, 6.45) is 8.14. The van der Waals surface area contributed by atoms with Crippen molar-refractivity contribution in [2.24, 2.45) is 0 Å². The summed E-state index contributed by atoms with van der Waals surface area (Å²) in [5.41, 5.74) is -0.675. The lowest BCUT2D eigenvalue weighted by Crippen LogP contribution is -2.58. The molecule has 2 N–H and O–H groups in total. The molecule has 0 radical (unpaired) electrons. The molecule has 2 aliphatic rings. The average Bonchev–Trinajstić information content (AvgIpc) is 2.39. The molecule has 1 saturated heterocycles. The van der Waals surface area contributed by atoms with Crippen molar-refractivity contribution in [2.45, 2.75) is 56.5 Å². The summed E-state index contributed by atoms with van der Waals surface area (Å²) in [4.78, 5) is 13.8. The Labute approximate surface area is 103 Å². The second-order valence-electron chi connectivity index (χ2n) is 5.47. The van der Waals surface area contributed by atoms with E-state index in [1.165, 1.54) is 32.1 Å². The third-order valence-corrected chi connectivity index (χ3v) is 4.63. The minimum absolute atomic E-state index is 0.675. The average molecular weight is 240 g/mol. The zero-order chi connectivity index (χ0) is 12.3.